The molecule has 7 heteroatoms. The first-order chi connectivity index (χ1) is 8.16. The van der Waals surface area contributed by atoms with E-state index in [1.165, 1.54) is 6.20 Å². The second-order valence-electron chi connectivity index (χ2n) is 3.23. The molecule has 0 aliphatic carbocycles. The van der Waals surface area contributed by atoms with Gasteiger partial charge in [-0.2, -0.15) is 0 Å². The first kappa shape index (κ1) is 11.5. The van der Waals surface area contributed by atoms with Gasteiger partial charge in [0.2, 0.25) is 11.8 Å². The Labute approximate surface area is 102 Å². The molecular weight excluding hydrogens is 244 g/mol. The van der Waals surface area contributed by atoms with E-state index in [1.807, 2.05) is 0 Å². The number of pyridine rings is 1. The average molecular weight is 253 g/mol. The summed E-state index contributed by atoms with van der Waals surface area (Å²) in [6.07, 6.45) is 1.50. The zero-order valence-corrected chi connectivity index (χ0v) is 9.73. The van der Waals surface area contributed by atoms with E-state index in [1.54, 1.807) is 19.1 Å². The van der Waals surface area contributed by atoms with Gasteiger partial charge >= 0.3 is 0 Å². The number of halogens is 1. The van der Waals surface area contributed by atoms with Crippen molar-refractivity contribution in [1.82, 2.24) is 20.5 Å². The maximum atomic E-state index is 11.7. The molecule has 0 fully saturated rings. The lowest BCUT2D eigenvalue weighted by molar-refractivity contribution is 0.0942. The third-order valence-electron chi connectivity index (χ3n) is 1.94. The summed E-state index contributed by atoms with van der Waals surface area (Å²) in [7, 11) is 0. The Morgan fingerprint density at radius 1 is 1.53 bits per heavy atom. The number of aromatic nitrogens is 3. The molecule has 88 valence electrons. The minimum atomic E-state index is -0.383. The van der Waals surface area contributed by atoms with Crippen molar-refractivity contribution >= 4 is 17.5 Å². The second-order valence-corrected chi connectivity index (χ2v) is 3.64. The Kier molecular flexibility index (Phi) is 3.34. The van der Waals surface area contributed by atoms with E-state index >= 15 is 0 Å². The largest absolute Gasteiger partial charge is 0.424 e. The SMILES string of the molecule is Cc1nnc(CNC(=O)c2ncccc2Cl)o1. The fraction of sp³-hybridized carbons (Fsp3) is 0.200. The van der Waals surface area contributed by atoms with Gasteiger partial charge in [0.15, 0.2) is 0 Å². The summed E-state index contributed by atoms with van der Waals surface area (Å²) >= 11 is 5.83. The number of aryl methyl sites for hydroxylation is 1. The number of amides is 1. The zero-order valence-electron chi connectivity index (χ0n) is 8.98. The molecule has 0 bridgehead atoms. The maximum Gasteiger partial charge on any atom is 0.271 e. The first-order valence-corrected chi connectivity index (χ1v) is 5.22. The molecule has 0 radical (unpaired) electrons. The van der Waals surface area contributed by atoms with Crippen LogP contribution in [-0.4, -0.2) is 21.1 Å². The Morgan fingerprint density at radius 2 is 2.35 bits per heavy atom. The molecule has 0 aromatic carbocycles. The van der Waals surface area contributed by atoms with Gasteiger partial charge in [0, 0.05) is 13.1 Å². The van der Waals surface area contributed by atoms with E-state index in [2.05, 4.69) is 20.5 Å². The smallest absolute Gasteiger partial charge is 0.271 e. The topological polar surface area (TPSA) is 80.9 Å². The van der Waals surface area contributed by atoms with E-state index in [4.69, 9.17) is 16.0 Å². The summed E-state index contributed by atoms with van der Waals surface area (Å²) in [6, 6.07) is 3.25. The molecule has 2 aromatic heterocycles. The van der Waals surface area contributed by atoms with Crippen molar-refractivity contribution in [2.24, 2.45) is 0 Å². The van der Waals surface area contributed by atoms with E-state index in [0.717, 1.165) is 0 Å². The summed E-state index contributed by atoms with van der Waals surface area (Å²) < 4.78 is 5.11. The van der Waals surface area contributed by atoms with Crippen LogP contribution in [0, 0.1) is 6.92 Å². The van der Waals surface area contributed by atoms with Gasteiger partial charge in [0.05, 0.1) is 11.6 Å². The molecule has 2 aromatic rings. The minimum absolute atomic E-state index is 0.145. The quantitative estimate of drug-likeness (QED) is 0.892. The fourth-order valence-electron chi connectivity index (χ4n) is 1.20. The van der Waals surface area contributed by atoms with Crippen molar-refractivity contribution in [2.45, 2.75) is 13.5 Å². The molecule has 0 saturated carbocycles. The molecule has 0 aliphatic rings. The van der Waals surface area contributed by atoms with Gasteiger partial charge in [-0.3, -0.25) is 4.79 Å². The molecular formula is C10H9ClN4O2. The van der Waals surface area contributed by atoms with Crippen LogP contribution in [0.2, 0.25) is 5.02 Å². The third kappa shape index (κ3) is 2.79. The van der Waals surface area contributed by atoms with Crippen molar-refractivity contribution in [3.63, 3.8) is 0 Å². The molecule has 0 saturated heterocycles. The van der Waals surface area contributed by atoms with Gasteiger partial charge in [-0.05, 0) is 12.1 Å². The number of nitrogens with zero attached hydrogens (tertiary/aromatic N) is 3. The Balaban J connectivity index is 2.01. The third-order valence-corrected chi connectivity index (χ3v) is 2.25. The summed E-state index contributed by atoms with van der Waals surface area (Å²) in [5.74, 6) is 0.402. The highest BCUT2D eigenvalue weighted by Gasteiger charge is 2.12. The van der Waals surface area contributed by atoms with Crippen molar-refractivity contribution in [1.29, 1.82) is 0 Å². The van der Waals surface area contributed by atoms with Gasteiger partial charge in [-0.25, -0.2) is 4.98 Å². The Hall–Kier alpha value is -1.95. The number of hydrogen-bond donors (Lipinski definition) is 1. The van der Waals surface area contributed by atoms with Gasteiger partial charge in [-0.1, -0.05) is 11.6 Å². The standard InChI is InChI=1S/C10H9ClN4O2/c1-6-14-15-8(17-6)5-13-10(16)9-7(11)3-2-4-12-9/h2-4H,5H2,1H3,(H,13,16). The predicted molar refractivity (Wildman–Crippen MR) is 59.5 cm³/mol. The van der Waals surface area contributed by atoms with Crippen LogP contribution in [0.1, 0.15) is 22.3 Å². The lowest BCUT2D eigenvalue weighted by atomic mass is 10.3. The molecule has 2 heterocycles. The number of hydrogen-bond acceptors (Lipinski definition) is 5. The molecule has 0 aliphatic heterocycles. The number of carbonyl (C=O) groups excluding carboxylic acids is 1. The van der Waals surface area contributed by atoms with Gasteiger partial charge < -0.3 is 9.73 Å². The van der Waals surface area contributed by atoms with Gasteiger partial charge in [0.25, 0.3) is 5.91 Å². The monoisotopic (exact) mass is 252 g/mol. The lowest BCUT2D eigenvalue weighted by Gasteiger charge is -2.02. The van der Waals surface area contributed by atoms with Crippen molar-refractivity contribution in [3.05, 3.63) is 40.8 Å². The summed E-state index contributed by atoms with van der Waals surface area (Å²) in [4.78, 5) is 15.6. The van der Waals surface area contributed by atoms with Gasteiger partial charge in [0.1, 0.15) is 5.69 Å². The van der Waals surface area contributed by atoms with Gasteiger partial charge in [-0.15, -0.1) is 10.2 Å². The Bertz CT molecular complexity index is 541. The average Bonchev–Trinajstić information content (AvgIpc) is 2.73. The Morgan fingerprint density at radius 3 is 3.00 bits per heavy atom. The van der Waals surface area contributed by atoms with Crippen LogP contribution in [-0.2, 0) is 6.54 Å². The molecule has 0 spiro atoms. The van der Waals surface area contributed by atoms with Crippen molar-refractivity contribution in [2.75, 3.05) is 0 Å². The molecule has 0 atom stereocenters. The number of carbonyl (C=O) groups is 1. The fourth-order valence-corrected chi connectivity index (χ4v) is 1.41. The molecule has 6 nitrogen and oxygen atoms in total. The number of rotatable bonds is 3. The first-order valence-electron chi connectivity index (χ1n) is 4.84. The predicted octanol–water partition coefficient (Wildman–Crippen LogP) is 1.36. The lowest BCUT2D eigenvalue weighted by Crippen LogP contribution is -2.24. The summed E-state index contributed by atoms with van der Waals surface area (Å²) in [5.41, 5.74) is 0.172. The zero-order chi connectivity index (χ0) is 12.3. The van der Waals surface area contributed by atoms with Crippen molar-refractivity contribution < 1.29 is 9.21 Å². The molecule has 17 heavy (non-hydrogen) atoms. The van der Waals surface area contributed by atoms with Crippen LogP contribution >= 0.6 is 11.6 Å². The molecule has 2 rings (SSSR count). The highest BCUT2D eigenvalue weighted by molar-refractivity contribution is 6.33. The van der Waals surface area contributed by atoms with Crippen LogP contribution in [0.15, 0.2) is 22.7 Å². The van der Waals surface area contributed by atoms with E-state index in [0.29, 0.717) is 16.8 Å². The minimum Gasteiger partial charge on any atom is -0.424 e. The van der Waals surface area contributed by atoms with Crippen LogP contribution in [0.25, 0.3) is 0 Å². The van der Waals surface area contributed by atoms with Crippen LogP contribution in [0.5, 0.6) is 0 Å². The van der Waals surface area contributed by atoms with Crippen LogP contribution in [0.3, 0.4) is 0 Å². The normalized spacial score (nSPS) is 10.2. The van der Waals surface area contributed by atoms with E-state index in [-0.39, 0.29) is 18.1 Å². The summed E-state index contributed by atoms with van der Waals surface area (Å²) in [6.45, 7) is 1.82. The highest BCUT2D eigenvalue weighted by atomic mass is 35.5. The highest BCUT2D eigenvalue weighted by Crippen LogP contribution is 2.11. The molecule has 1 N–H and O–H groups in total. The van der Waals surface area contributed by atoms with Crippen LogP contribution < -0.4 is 5.32 Å². The number of nitrogens with one attached hydrogen (secondary N) is 1. The van der Waals surface area contributed by atoms with E-state index < -0.39 is 0 Å². The second kappa shape index (κ2) is 4.92. The maximum absolute atomic E-state index is 11.7. The summed E-state index contributed by atoms with van der Waals surface area (Å²) in [5, 5.41) is 10.3. The van der Waals surface area contributed by atoms with Crippen LogP contribution in [0.4, 0.5) is 0 Å². The molecule has 1 amide bonds. The van der Waals surface area contributed by atoms with Crippen molar-refractivity contribution in [3.8, 4) is 0 Å². The molecule has 0 unspecified atom stereocenters. The van der Waals surface area contributed by atoms with E-state index in [9.17, 15) is 4.79 Å².